The van der Waals surface area contributed by atoms with E-state index < -0.39 is 0 Å². The zero-order chi connectivity index (χ0) is 10.1. The second-order valence-electron chi connectivity index (χ2n) is 3.77. The van der Waals surface area contributed by atoms with Crippen molar-refractivity contribution in [3.8, 4) is 0 Å². The van der Waals surface area contributed by atoms with Gasteiger partial charge >= 0.3 is 0 Å². The van der Waals surface area contributed by atoms with E-state index in [1.54, 1.807) is 0 Å². The Balaban J connectivity index is 2.43. The maximum Gasteiger partial charge on any atom is 0.0449 e. The lowest BCUT2D eigenvalue weighted by molar-refractivity contribution is 0.651. The van der Waals surface area contributed by atoms with Gasteiger partial charge in [-0.05, 0) is 23.6 Å². The maximum atomic E-state index is 6.16. The first-order valence-electron chi connectivity index (χ1n) is 4.83. The van der Waals surface area contributed by atoms with Crippen LogP contribution in [0.4, 0.5) is 0 Å². The SMILES string of the molecule is CC1C[C@@H](N)c2cccc(Cl)c2CS1. The van der Waals surface area contributed by atoms with E-state index in [-0.39, 0.29) is 6.04 Å². The predicted octanol–water partition coefficient (Wildman–Crippen LogP) is 3.37. The first kappa shape index (κ1) is 10.3. The van der Waals surface area contributed by atoms with Crippen LogP contribution in [0, 0.1) is 0 Å². The molecule has 0 amide bonds. The summed E-state index contributed by atoms with van der Waals surface area (Å²) in [5, 5.41) is 1.48. The molecule has 1 unspecified atom stereocenters. The van der Waals surface area contributed by atoms with Crippen LogP contribution in [0.3, 0.4) is 0 Å². The normalized spacial score (nSPS) is 26.8. The van der Waals surface area contributed by atoms with Gasteiger partial charge in [-0.25, -0.2) is 0 Å². The summed E-state index contributed by atoms with van der Waals surface area (Å²) in [5.74, 6) is 0.990. The van der Waals surface area contributed by atoms with Gasteiger partial charge in [0.05, 0.1) is 0 Å². The van der Waals surface area contributed by atoms with Gasteiger partial charge in [0.15, 0.2) is 0 Å². The molecule has 0 aliphatic carbocycles. The fourth-order valence-electron chi connectivity index (χ4n) is 1.85. The average molecular weight is 228 g/mol. The van der Waals surface area contributed by atoms with Gasteiger partial charge in [-0.1, -0.05) is 30.7 Å². The van der Waals surface area contributed by atoms with Gasteiger partial charge in [0.25, 0.3) is 0 Å². The number of thioether (sulfide) groups is 1. The van der Waals surface area contributed by atoms with Crippen LogP contribution < -0.4 is 5.73 Å². The van der Waals surface area contributed by atoms with Crippen molar-refractivity contribution in [2.75, 3.05) is 0 Å². The van der Waals surface area contributed by atoms with Crippen LogP contribution in [0.5, 0.6) is 0 Å². The van der Waals surface area contributed by atoms with Gasteiger partial charge in [0, 0.05) is 22.1 Å². The highest BCUT2D eigenvalue weighted by molar-refractivity contribution is 7.99. The molecule has 0 bridgehead atoms. The van der Waals surface area contributed by atoms with Crippen molar-refractivity contribution in [1.29, 1.82) is 0 Å². The zero-order valence-electron chi connectivity index (χ0n) is 8.16. The monoisotopic (exact) mass is 227 g/mol. The zero-order valence-corrected chi connectivity index (χ0v) is 9.74. The molecule has 0 fully saturated rings. The molecule has 2 N–H and O–H groups in total. The molecule has 0 spiro atoms. The fourth-order valence-corrected chi connectivity index (χ4v) is 3.30. The van der Waals surface area contributed by atoms with Crippen LogP contribution >= 0.6 is 23.4 Å². The van der Waals surface area contributed by atoms with E-state index in [1.165, 1.54) is 11.1 Å². The Labute approximate surface area is 94.0 Å². The summed E-state index contributed by atoms with van der Waals surface area (Å²) in [6.45, 7) is 2.23. The van der Waals surface area contributed by atoms with Crippen LogP contribution in [0.1, 0.15) is 30.5 Å². The van der Waals surface area contributed by atoms with E-state index in [2.05, 4.69) is 13.0 Å². The number of nitrogens with two attached hydrogens (primary N) is 1. The summed E-state index contributed by atoms with van der Waals surface area (Å²) in [7, 11) is 0. The van der Waals surface area contributed by atoms with Gasteiger partial charge in [-0.3, -0.25) is 0 Å². The molecule has 3 heteroatoms. The Bertz CT molecular complexity index is 340. The molecule has 0 aromatic heterocycles. The number of hydrogen-bond donors (Lipinski definition) is 1. The van der Waals surface area contributed by atoms with Gasteiger partial charge in [-0.15, -0.1) is 0 Å². The molecule has 0 saturated carbocycles. The number of halogens is 1. The van der Waals surface area contributed by atoms with E-state index >= 15 is 0 Å². The fraction of sp³-hybridized carbons (Fsp3) is 0.455. The molecule has 1 aliphatic rings. The van der Waals surface area contributed by atoms with Crippen LogP contribution in [0.25, 0.3) is 0 Å². The van der Waals surface area contributed by atoms with Gasteiger partial charge in [-0.2, -0.15) is 11.8 Å². The van der Waals surface area contributed by atoms with Crippen LogP contribution in [0.2, 0.25) is 5.02 Å². The predicted molar refractivity (Wildman–Crippen MR) is 63.8 cm³/mol. The number of hydrogen-bond acceptors (Lipinski definition) is 2. The molecule has 1 nitrogen and oxygen atoms in total. The van der Waals surface area contributed by atoms with Gasteiger partial charge in [0.2, 0.25) is 0 Å². The van der Waals surface area contributed by atoms with E-state index in [0.717, 1.165) is 17.2 Å². The van der Waals surface area contributed by atoms with Crippen molar-refractivity contribution in [3.63, 3.8) is 0 Å². The van der Waals surface area contributed by atoms with E-state index in [4.69, 9.17) is 17.3 Å². The second-order valence-corrected chi connectivity index (χ2v) is 5.61. The first-order chi connectivity index (χ1) is 6.68. The molecule has 2 atom stereocenters. The van der Waals surface area contributed by atoms with E-state index in [9.17, 15) is 0 Å². The van der Waals surface area contributed by atoms with Crippen LogP contribution in [0.15, 0.2) is 18.2 Å². The minimum Gasteiger partial charge on any atom is -0.324 e. The molecule has 1 heterocycles. The highest BCUT2D eigenvalue weighted by Gasteiger charge is 2.20. The van der Waals surface area contributed by atoms with Crippen molar-refractivity contribution in [2.45, 2.75) is 30.4 Å². The minimum atomic E-state index is 0.147. The number of rotatable bonds is 0. The smallest absolute Gasteiger partial charge is 0.0449 e. The molecular weight excluding hydrogens is 214 g/mol. The topological polar surface area (TPSA) is 26.0 Å². The quantitative estimate of drug-likeness (QED) is 0.736. The average Bonchev–Trinajstić information content (AvgIpc) is 2.28. The summed E-state index contributed by atoms with van der Waals surface area (Å²) in [6.07, 6.45) is 1.04. The van der Waals surface area contributed by atoms with Crippen LogP contribution in [-0.4, -0.2) is 5.25 Å². The Morgan fingerprint density at radius 2 is 2.29 bits per heavy atom. The second kappa shape index (κ2) is 4.13. The molecule has 76 valence electrons. The summed E-state index contributed by atoms with van der Waals surface area (Å²) in [5.41, 5.74) is 8.60. The number of benzene rings is 1. The summed E-state index contributed by atoms with van der Waals surface area (Å²) >= 11 is 8.09. The molecule has 1 aliphatic heterocycles. The Morgan fingerprint density at radius 3 is 3.07 bits per heavy atom. The molecule has 0 saturated heterocycles. The standard InChI is InChI=1S/C11H14ClNS/c1-7-5-11(13)8-3-2-4-10(12)9(8)6-14-7/h2-4,7,11H,5-6,13H2,1H3/t7?,11-/m1/s1. The Hall–Kier alpha value is -0.180. The molecule has 14 heavy (non-hydrogen) atoms. The highest BCUT2D eigenvalue weighted by Crippen LogP contribution is 2.36. The third-order valence-corrected chi connectivity index (χ3v) is 4.22. The molecule has 0 radical (unpaired) electrons. The lowest BCUT2D eigenvalue weighted by Crippen LogP contribution is -2.14. The lowest BCUT2D eigenvalue weighted by atomic mass is 9.99. The third-order valence-electron chi connectivity index (χ3n) is 2.65. The lowest BCUT2D eigenvalue weighted by Gasteiger charge is -2.13. The van der Waals surface area contributed by atoms with Crippen molar-refractivity contribution < 1.29 is 0 Å². The summed E-state index contributed by atoms with van der Waals surface area (Å²) in [6, 6.07) is 6.18. The van der Waals surface area contributed by atoms with Crippen molar-refractivity contribution >= 4 is 23.4 Å². The van der Waals surface area contributed by atoms with Crippen LogP contribution in [-0.2, 0) is 5.75 Å². The third kappa shape index (κ3) is 1.92. The minimum absolute atomic E-state index is 0.147. The Morgan fingerprint density at radius 1 is 1.50 bits per heavy atom. The molecule has 2 rings (SSSR count). The van der Waals surface area contributed by atoms with Crippen molar-refractivity contribution in [2.24, 2.45) is 5.73 Å². The molecule has 1 aromatic carbocycles. The van der Waals surface area contributed by atoms with Crippen molar-refractivity contribution in [3.05, 3.63) is 34.3 Å². The van der Waals surface area contributed by atoms with E-state index in [0.29, 0.717) is 5.25 Å². The largest absolute Gasteiger partial charge is 0.324 e. The van der Waals surface area contributed by atoms with Crippen molar-refractivity contribution in [1.82, 2.24) is 0 Å². The van der Waals surface area contributed by atoms with E-state index in [1.807, 2.05) is 23.9 Å². The van der Waals surface area contributed by atoms with Gasteiger partial charge < -0.3 is 5.73 Å². The number of fused-ring (bicyclic) bond motifs is 1. The summed E-state index contributed by atoms with van der Waals surface area (Å²) < 4.78 is 0. The highest BCUT2D eigenvalue weighted by atomic mass is 35.5. The Kier molecular flexibility index (Phi) is 3.05. The molecule has 1 aromatic rings. The first-order valence-corrected chi connectivity index (χ1v) is 6.25. The van der Waals surface area contributed by atoms with Gasteiger partial charge in [0.1, 0.15) is 0 Å². The maximum absolute atomic E-state index is 6.16. The molecular formula is C11H14ClNS. The summed E-state index contributed by atoms with van der Waals surface area (Å²) in [4.78, 5) is 0.